The van der Waals surface area contributed by atoms with Gasteiger partial charge in [0.25, 0.3) is 5.91 Å². The zero-order chi connectivity index (χ0) is 20.2. The summed E-state index contributed by atoms with van der Waals surface area (Å²) in [7, 11) is 0. The minimum Gasteiger partial charge on any atom is -0.352 e. The second-order valence-corrected chi connectivity index (χ2v) is 7.86. The van der Waals surface area contributed by atoms with Crippen LogP contribution in [0, 0.1) is 0 Å². The Labute approximate surface area is 172 Å². The van der Waals surface area contributed by atoms with Gasteiger partial charge < -0.3 is 9.80 Å². The van der Waals surface area contributed by atoms with Crippen molar-refractivity contribution >= 4 is 11.7 Å². The molecule has 0 saturated carbocycles. The topological polar surface area (TPSA) is 36.4 Å². The second-order valence-electron chi connectivity index (χ2n) is 7.86. The van der Waals surface area contributed by atoms with Crippen LogP contribution in [0.1, 0.15) is 40.9 Å². The molecule has 0 aliphatic carbocycles. The Morgan fingerprint density at radius 3 is 2.41 bits per heavy atom. The SMILES string of the molecule is CC(C)N(Cc1ccccc1)C(=O)c1ccc(N2CCc3ccccc3C2)nc1. The van der Waals surface area contributed by atoms with E-state index in [1.165, 1.54) is 11.1 Å². The molecule has 0 fully saturated rings. The molecule has 1 amide bonds. The van der Waals surface area contributed by atoms with Crippen molar-refractivity contribution in [3.8, 4) is 0 Å². The van der Waals surface area contributed by atoms with Gasteiger partial charge in [0.1, 0.15) is 5.82 Å². The van der Waals surface area contributed by atoms with Gasteiger partial charge in [0.2, 0.25) is 0 Å². The lowest BCUT2D eigenvalue weighted by atomic mass is 10.00. The number of nitrogens with zero attached hydrogens (tertiary/aromatic N) is 3. The number of amides is 1. The number of pyridine rings is 1. The van der Waals surface area contributed by atoms with E-state index in [4.69, 9.17) is 0 Å². The van der Waals surface area contributed by atoms with E-state index in [1.54, 1.807) is 6.20 Å². The van der Waals surface area contributed by atoms with Gasteiger partial charge in [0, 0.05) is 31.9 Å². The average molecular weight is 386 g/mol. The summed E-state index contributed by atoms with van der Waals surface area (Å²) in [6.45, 7) is 6.51. The van der Waals surface area contributed by atoms with Gasteiger partial charge >= 0.3 is 0 Å². The number of fused-ring (bicyclic) bond motifs is 1. The molecule has 0 spiro atoms. The van der Waals surface area contributed by atoms with Crippen molar-refractivity contribution in [2.75, 3.05) is 11.4 Å². The average Bonchev–Trinajstić information content (AvgIpc) is 2.77. The van der Waals surface area contributed by atoms with Crippen molar-refractivity contribution in [1.29, 1.82) is 0 Å². The quantitative estimate of drug-likeness (QED) is 0.639. The number of carbonyl (C=O) groups excluding carboxylic acids is 1. The fourth-order valence-electron chi connectivity index (χ4n) is 3.83. The van der Waals surface area contributed by atoms with E-state index >= 15 is 0 Å². The molecule has 1 aliphatic heterocycles. The predicted molar refractivity (Wildman–Crippen MR) is 117 cm³/mol. The maximum absolute atomic E-state index is 13.1. The maximum atomic E-state index is 13.1. The number of hydrogen-bond donors (Lipinski definition) is 0. The van der Waals surface area contributed by atoms with Crippen molar-refractivity contribution in [2.24, 2.45) is 0 Å². The Balaban J connectivity index is 1.48. The van der Waals surface area contributed by atoms with Crippen LogP contribution in [0.5, 0.6) is 0 Å². The molecule has 1 aliphatic rings. The fraction of sp³-hybridized carbons (Fsp3) is 0.280. The van der Waals surface area contributed by atoms with Gasteiger partial charge in [-0.15, -0.1) is 0 Å². The van der Waals surface area contributed by atoms with Crippen LogP contribution in [0.15, 0.2) is 72.9 Å². The number of anilines is 1. The van der Waals surface area contributed by atoms with Gasteiger partial charge in [-0.05, 0) is 49.1 Å². The van der Waals surface area contributed by atoms with Crippen molar-refractivity contribution in [3.63, 3.8) is 0 Å². The minimum absolute atomic E-state index is 0.0203. The summed E-state index contributed by atoms with van der Waals surface area (Å²) in [6, 6.07) is 22.7. The normalized spacial score (nSPS) is 13.3. The van der Waals surface area contributed by atoms with E-state index in [2.05, 4.69) is 46.3 Å². The Kier molecular flexibility index (Phi) is 5.61. The second kappa shape index (κ2) is 8.48. The molecule has 2 aromatic carbocycles. The van der Waals surface area contributed by atoms with Crippen LogP contribution < -0.4 is 4.90 Å². The van der Waals surface area contributed by atoms with Crippen LogP contribution in [0.2, 0.25) is 0 Å². The van der Waals surface area contributed by atoms with E-state index in [1.807, 2.05) is 49.1 Å². The summed E-state index contributed by atoms with van der Waals surface area (Å²) in [5.74, 6) is 0.946. The van der Waals surface area contributed by atoms with Crippen LogP contribution in [-0.2, 0) is 19.5 Å². The number of benzene rings is 2. The first-order chi connectivity index (χ1) is 14.1. The molecule has 2 heterocycles. The molecule has 29 heavy (non-hydrogen) atoms. The highest BCUT2D eigenvalue weighted by atomic mass is 16.2. The molecule has 0 saturated heterocycles. The molecule has 0 bridgehead atoms. The van der Waals surface area contributed by atoms with Gasteiger partial charge in [-0.1, -0.05) is 54.6 Å². The van der Waals surface area contributed by atoms with E-state index in [0.29, 0.717) is 12.1 Å². The summed E-state index contributed by atoms with van der Waals surface area (Å²) in [4.78, 5) is 21.9. The molecule has 4 heteroatoms. The molecule has 4 rings (SSSR count). The van der Waals surface area contributed by atoms with Gasteiger partial charge in [-0.3, -0.25) is 4.79 Å². The van der Waals surface area contributed by atoms with Crippen molar-refractivity contribution in [3.05, 3.63) is 95.2 Å². The van der Waals surface area contributed by atoms with Gasteiger partial charge in [-0.2, -0.15) is 0 Å². The summed E-state index contributed by atoms with van der Waals surface area (Å²) < 4.78 is 0. The van der Waals surface area contributed by atoms with Crippen molar-refractivity contribution in [1.82, 2.24) is 9.88 Å². The summed E-state index contributed by atoms with van der Waals surface area (Å²) in [6.07, 6.45) is 2.75. The van der Waals surface area contributed by atoms with Crippen molar-refractivity contribution < 1.29 is 4.79 Å². The first-order valence-corrected chi connectivity index (χ1v) is 10.2. The zero-order valence-electron chi connectivity index (χ0n) is 17.1. The Morgan fingerprint density at radius 2 is 1.72 bits per heavy atom. The molecular weight excluding hydrogens is 358 g/mol. The van der Waals surface area contributed by atoms with Crippen LogP contribution in [0.25, 0.3) is 0 Å². The van der Waals surface area contributed by atoms with Gasteiger partial charge in [0.05, 0.1) is 5.56 Å². The summed E-state index contributed by atoms with van der Waals surface area (Å²) in [5, 5.41) is 0. The third-order valence-corrected chi connectivity index (χ3v) is 5.53. The van der Waals surface area contributed by atoms with E-state index in [0.717, 1.165) is 30.9 Å². The lowest BCUT2D eigenvalue weighted by Crippen LogP contribution is -2.36. The Hall–Kier alpha value is -3.14. The van der Waals surface area contributed by atoms with Crippen molar-refractivity contribution in [2.45, 2.75) is 39.4 Å². The largest absolute Gasteiger partial charge is 0.352 e. The standard InChI is InChI=1S/C25H27N3O/c1-19(2)28(17-20-8-4-3-5-9-20)25(29)22-12-13-24(26-16-22)27-15-14-21-10-6-7-11-23(21)18-27/h3-13,16,19H,14-15,17-18H2,1-2H3. The monoisotopic (exact) mass is 385 g/mol. The van der Waals surface area contributed by atoms with E-state index in [9.17, 15) is 4.79 Å². The molecular formula is C25H27N3O. The highest BCUT2D eigenvalue weighted by molar-refractivity contribution is 5.94. The molecule has 4 nitrogen and oxygen atoms in total. The highest BCUT2D eigenvalue weighted by Crippen LogP contribution is 2.23. The third-order valence-electron chi connectivity index (χ3n) is 5.53. The van der Waals surface area contributed by atoms with Crippen LogP contribution in [-0.4, -0.2) is 28.4 Å². The molecule has 0 atom stereocenters. The Morgan fingerprint density at radius 1 is 1.00 bits per heavy atom. The third kappa shape index (κ3) is 4.32. The first kappa shape index (κ1) is 19.2. The van der Waals surface area contributed by atoms with Gasteiger partial charge in [0.15, 0.2) is 0 Å². The molecule has 0 unspecified atom stereocenters. The molecule has 148 valence electrons. The smallest absolute Gasteiger partial charge is 0.255 e. The zero-order valence-corrected chi connectivity index (χ0v) is 17.1. The van der Waals surface area contributed by atoms with Crippen LogP contribution in [0.4, 0.5) is 5.82 Å². The Bertz CT molecular complexity index is 967. The first-order valence-electron chi connectivity index (χ1n) is 10.2. The van der Waals surface area contributed by atoms with E-state index in [-0.39, 0.29) is 11.9 Å². The molecule has 0 radical (unpaired) electrons. The molecule has 1 aromatic heterocycles. The number of carbonyl (C=O) groups is 1. The molecule has 3 aromatic rings. The van der Waals surface area contributed by atoms with Crippen LogP contribution in [0.3, 0.4) is 0 Å². The lowest BCUT2D eigenvalue weighted by Gasteiger charge is -2.30. The van der Waals surface area contributed by atoms with E-state index < -0.39 is 0 Å². The number of hydrogen-bond acceptors (Lipinski definition) is 3. The minimum atomic E-state index is 0.0203. The molecule has 0 N–H and O–H groups in total. The fourth-order valence-corrected chi connectivity index (χ4v) is 3.83. The lowest BCUT2D eigenvalue weighted by molar-refractivity contribution is 0.0690. The predicted octanol–water partition coefficient (Wildman–Crippen LogP) is 4.70. The van der Waals surface area contributed by atoms with Crippen LogP contribution >= 0.6 is 0 Å². The van der Waals surface area contributed by atoms with Gasteiger partial charge in [-0.25, -0.2) is 4.98 Å². The number of rotatable bonds is 5. The summed E-state index contributed by atoms with van der Waals surface area (Å²) in [5.41, 5.74) is 4.54. The maximum Gasteiger partial charge on any atom is 0.255 e. The number of aromatic nitrogens is 1. The highest BCUT2D eigenvalue weighted by Gasteiger charge is 2.21. The summed E-state index contributed by atoms with van der Waals surface area (Å²) >= 11 is 0.